The van der Waals surface area contributed by atoms with Crippen LogP contribution in [0.2, 0.25) is 0 Å². The van der Waals surface area contributed by atoms with Gasteiger partial charge < -0.3 is 14.8 Å². The van der Waals surface area contributed by atoms with Gasteiger partial charge in [-0.15, -0.1) is 0 Å². The highest BCUT2D eigenvalue weighted by molar-refractivity contribution is 5.74. The van der Waals surface area contributed by atoms with Crippen molar-refractivity contribution in [3.8, 4) is 0 Å². The van der Waals surface area contributed by atoms with Crippen molar-refractivity contribution in [2.75, 3.05) is 11.9 Å². The van der Waals surface area contributed by atoms with Gasteiger partial charge in [0.15, 0.2) is 5.58 Å². The summed E-state index contributed by atoms with van der Waals surface area (Å²) in [7, 11) is 0. The molecule has 1 aliphatic rings. The fourth-order valence-electron chi connectivity index (χ4n) is 2.24. The highest BCUT2D eigenvalue weighted by Crippen LogP contribution is 2.23. The van der Waals surface area contributed by atoms with Crippen LogP contribution in [-0.2, 0) is 0 Å². The van der Waals surface area contributed by atoms with Crippen LogP contribution in [0, 0.1) is 0 Å². The summed E-state index contributed by atoms with van der Waals surface area (Å²) in [6.07, 6.45) is 6.73. The summed E-state index contributed by atoms with van der Waals surface area (Å²) in [5, 5.41) is 13.4. The van der Waals surface area contributed by atoms with E-state index in [2.05, 4.69) is 10.3 Å². The average Bonchev–Trinajstić information content (AvgIpc) is 2.80. The standard InChI is InChI=1S/C14H16N2O2/c17-14(8-4-1-5-9-14)10-15-13-16-11-6-2-3-7-12(11)18-13/h2-4,6-8,17H,1,5,9-10H2,(H,15,16). The smallest absolute Gasteiger partial charge is 0.295 e. The lowest BCUT2D eigenvalue weighted by Crippen LogP contribution is -2.36. The minimum Gasteiger partial charge on any atom is -0.424 e. The van der Waals surface area contributed by atoms with E-state index in [1.165, 1.54) is 0 Å². The minimum atomic E-state index is -0.779. The second-order valence-electron chi connectivity index (χ2n) is 4.74. The topological polar surface area (TPSA) is 58.3 Å². The first kappa shape index (κ1) is 11.3. The largest absolute Gasteiger partial charge is 0.424 e. The Balaban J connectivity index is 1.73. The lowest BCUT2D eigenvalue weighted by molar-refractivity contribution is 0.0875. The number of aliphatic hydroxyl groups is 1. The first-order valence-corrected chi connectivity index (χ1v) is 6.25. The van der Waals surface area contributed by atoms with E-state index in [1.807, 2.05) is 36.4 Å². The van der Waals surface area contributed by atoms with Gasteiger partial charge in [0.05, 0.1) is 6.54 Å². The monoisotopic (exact) mass is 244 g/mol. The number of aromatic nitrogens is 1. The number of oxazole rings is 1. The highest BCUT2D eigenvalue weighted by atomic mass is 16.4. The Morgan fingerprint density at radius 2 is 2.28 bits per heavy atom. The number of anilines is 1. The summed E-state index contributed by atoms with van der Waals surface area (Å²) in [6.45, 7) is 0.427. The lowest BCUT2D eigenvalue weighted by Gasteiger charge is -2.27. The van der Waals surface area contributed by atoms with Crippen LogP contribution in [0.25, 0.3) is 11.1 Å². The molecule has 0 spiro atoms. The van der Waals surface area contributed by atoms with Gasteiger partial charge in [0, 0.05) is 0 Å². The summed E-state index contributed by atoms with van der Waals surface area (Å²) in [4.78, 5) is 4.32. The molecule has 0 saturated heterocycles. The van der Waals surface area contributed by atoms with Gasteiger partial charge in [0.1, 0.15) is 11.1 Å². The number of benzene rings is 1. The zero-order chi connectivity index (χ0) is 12.4. The van der Waals surface area contributed by atoms with Gasteiger partial charge >= 0.3 is 0 Å². The summed E-state index contributed by atoms with van der Waals surface area (Å²) in [5.74, 6) is 0. The Labute approximate surface area is 105 Å². The summed E-state index contributed by atoms with van der Waals surface area (Å²) in [5.41, 5.74) is 0.802. The van der Waals surface area contributed by atoms with Crippen molar-refractivity contribution in [2.45, 2.75) is 24.9 Å². The third-order valence-electron chi connectivity index (χ3n) is 3.25. The number of rotatable bonds is 3. The molecule has 0 bridgehead atoms. The molecule has 1 aromatic heterocycles. The maximum Gasteiger partial charge on any atom is 0.295 e. The van der Waals surface area contributed by atoms with Crippen molar-refractivity contribution >= 4 is 17.1 Å². The average molecular weight is 244 g/mol. The van der Waals surface area contributed by atoms with Crippen LogP contribution in [0.3, 0.4) is 0 Å². The number of fused-ring (bicyclic) bond motifs is 1. The van der Waals surface area contributed by atoms with E-state index in [4.69, 9.17) is 4.42 Å². The van der Waals surface area contributed by atoms with Crippen molar-refractivity contribution in [1.82, 2.24) is 4.98 Å². The fourth-order valence-corrected chi connectivity index (χ4v) is 2.24. The van der Waals surface area contributed by atoms with Crippen molar-refractivity contribution in [3.63, 3.8) is 0 Å². The first-order valence-electron chi connectivity index (χ1n) is 6.25. The summed E-state index contributed by atoms with van der Waals surface area (Å²) in [6, 6.07) is 8.08. The quantitative estimate of drug-likeness (QED) is 0.815. The van der Waals surface area contributed by atoms with Gasteiger partial charge in [-0.05, 0) is 31.4 Å². The molecule has 0 amide bonds. The normalized spacial score (nSPS) is 23.4. The number of hydrogen-bond donors (Lipinski definition) is 2. The van der Waals surface area contributed by atoms with Gasteiger partial charge in [-0.1, -0.05) is 24.3 Å². The molecule has 0 aliphatic heterocycles. The van der Waals surface area contributed by atoms with E-state index in [0.29, 0.717) is 12.6 Å². The van der Waals surface area contributed by atoms with Gasteiger partial charge in [0.2, 0.25) is 0 Å². The molecule has 2 N–H and O–H groups in total. The summed E-state index contributed by atoms with van der Waals surface area (Å²) >= 11 is 0. The van der Waals surface area contributed by atoms with Crippen molar-refractivity contribution in [2.24, 2.45) is 0 Å². The van der Waals surface area contributed by atoms with Crippen LogP contribution < -0.4 is 5.32 Å². The van der Waals surface area contributed by atoms with E-state index < -0.39 is 5.60 Å². The highest BCUT2D eigenvalue weighted by Gasteiger charge is 2.25. The molecule has 0 radical (unpaired) electrons. The van der Waals surface area contributed by atoms with Gasteiger partial charge in [-0.2, -0.15) is 4.98 Å². The fraction of sp³-hybridized carbons (Fsp3) is 0.357. The number of allylic oxidation sites excluding steroid dienone is 1. The van der Waals surface area contributed by atoms with E-state index in [-0.39, 0.29) is 0 Å². The van der Waals surface area contributed by atoms with Crippen LogP contribution in [-0.4, -0.2) is 22.2 Å². The Morgan fingerprint density at radius 1 is 1.39 bits per heavy atom. The maximum absolute atomic E-state index is 10.3. The molecule has 1 unspecified atom stereocenters. The number of nitrogens with zero attached hydrogens (tertiary/aromatic N) is 1. The molecule has 1 aromatic carbocycles. The van der Waals surface area contributed by atoms with Crippen LogP contribution in [0.5, 0.6) is 0 Å². The molecule has 0 fully saturated rings. The Hall–Kier alpha value is -1.81. The van der Waals surface area contributed by atoms with Crippen molar-refractivity contribution < 1.29 is 9.52 Å². The molecule has 1 heterocycles. The van der Waals surface area contributed by atoms with Crippen molar-refractivity contribution in [3.05, 3.63) is 36.4 Å². The lowest BCUT2D eigenvalue weighted by atomic mass is 9.91. The molecule has 4 nitrogen and oxygen atoms in total. The molecular weight excluding hydrogens is 228 g/mol. The summed E-state index contributed by atoms with van der Waals surface area (Å²) < 4.78 is 5.55. The Kier molecular flexibility index (Phi) is 2.80. The molecule has 1 aliphatic carbocycles. The number of hydrogen-bond acceptors (Lipinski definition) is 4. The molecule has 94 valence electrons. The van der Waals surface area contributed by atoms with E-state index in [1.54, 1.807) is 0 Å². The molecule has 18 heavy (non-hydrogen) atoms. The third kappa shape index (κ3) is 2.24. The zero-order valence-corrected chi connectivity index (χ0v) is 10.1. The first-order chi connectivity index (χ1) is 8.75. The second-order valence-corrected chi connectivity index (χ2v) is 4.74. The van der Waals surface area contributed by atoms with Crippen LogP contribution in [0.15, 0.2) is 40.8 Å². The second kappa shape index (κ2) is 4.46. The number of para-hydroxylation sites is 2. The SMILES string of the molecule is OC1(CNc2nc3ccccc3o2)C=CCCC1. The van der Waals surface area contributed by atoms with Crippen LogP contribution in [0.1, 0.15) is 19.3 Å². The molecular formula is C14H16N2O2. The van der Waals surface area contributed by atoms with E-state index >= 15 is 0 Å². The third-order valence-corrected chi connectivity index (χ3v) is 3.25. The number of nitrogens with one attached hydrogen (secondary N) is 1. The van der Waals surface area contributed by atoms with Gasteiger partial charge in [-0.3, -0.25) is 0 Å². The molecule has 0 saturated carbocycles. The Morgan fingerprint density at radius 3 is 3.06 bits per heavy atom. The van der Waals surface area contributed by atoms with E-state index in [9.17, 15) is 5.11 Å². The Bertz CT molecular complexity index is 543. The maximum atomic E-state index is 10.3. The molecule has 1 atom stereocenters. The molecule has 2 aromatic rings. The minimum absolute atomic E-state index is 0.427. The molecule has 3 rings (SSSR count). The zero-order valence-electron chi connectivity index (χ0n) is 10.1. The van der Waals surface area contributed by atoms with Gasteiger partial charge in [0.25, 0.3) is 6.01 Å². The van der Waals surface area contributed by atoms with Crippen LogP contribution >= 0.6 is 0 Å². The predicted molar refractivity (Wildman–Crippen MR) is 70.4 cm³/mol. The van der Waals surface area contributed by atoms with E-state index in [0.717, 1.165) is 30.4 Å². The van der Waals surface area contributed by atoms with Gasteiger partial charge in [-0.25, -0.2) is 0 Å². The predicted octanol–water partition coefficient (Wildman–Crippen LogP) is 2.71. The molecule has 4 heteroatoms. The van der Waals surface area contributed by atoms with Crippen LogP contribution in [0.4, 0.5) is 6.01 Å². The van der Waals surface area contributed by atoms with Crippen molar-refractivity contribution in [1.29, 1.82) is 0 Å².